The molecule has 5 aliphatic rings. The van der Waals surface area contributed by atoms with E-state index in [0.29, 0.717) is 53.5 Å². The lowest BCUT2D eigenvalue weighted by Gasteiger charge is -2.63. The van der Waals surface area contributed by atoms with Crippen molar-refractivity contribution in [2.24, 2.45) is 5.41 Å². The van der Waals surface area contributed by atoms with Crippen LogP contribution in [-0.2, 0) is 14.3 Å². The summed E-state index contributed by atoms with van der Waals surface area (Å²) in [4.78, 5) is 46.7. The lowest BCUT2D eigenvalue weighted by molar-refractivity contribution is -0.133. The number of rotatable bonds is 11. The van der Waals surface area contributed by atoms with Gasteiger partial charge in [0.1, 0.15) is 29.2 Å². The first-order valence-corrected chi connectivity index (χ1v) is 21.3. The Kier molecular flexibility index (Phi) is 10.7. The molecule has 9 rings (SSSR count). The van der Waals surface area contributed by atoms with Gasteiger partial charge in [-0.2, -0.15) is 5.26 Å². The van der Waals surface area contributed by atoms with Crippen LogP contribution in [0.15, 0.2) is 59.7 Å². The van der Waals surface area contributed by atoms with E-state index in [0.717, 1.165) is 58.4 Å². The van der Waals surface area contributed by atoms with Gasteiger partial charge in [0.05, 0.1) is 46.9 Å². The number of imide groups is 1. The zero-order chi connectivity index (χ0) is 41.8. The van der Waals surface area contributed by atoms with Gasteiger partial charge in [-0.3, -0.25) is 29.2 Å². The third kappa shape index (κ3) is 7.66. The van der Waals surface area contributed by atoms with Crippen molar-refractivity contribution in [1.29, 1.82) is 5.26 Å². The van der Waals surface area contributed by atoms with E-state index in [4.69, 9.17) is 9.47 Å². The van der Waals surface area contributed by atoms with E-state index in [-0.39, 0.29) is 63.7 Å². The predicted octanol–water partition coefficient (Wildman–Crippen LogP) is 5.95. The molecule has 1 saturated carbocycles. The van der Waals surface area contributed by atoms with E-state index in [1.54, 1.807) is 41.2 Å². The van der Waals surface area contributed by atoms with Crippen LogP contribution in [0.1, 0.15) is 63.5 Å². The van der Waals surface area contributed by atoms with Crippen molar-refractivity contribution in [3.05, 3.63) is 82.4 Å². The molecule has 2 spiro atoms. The van der Waals surface area contributed by atoms with Gasteiger partial charge in [-0.15, -0.1) is 0 Å². The third-order valence-electron chi connectivity index (χ3n) is 12.9. The number of amides is 2. The number of ether oxygens (including phenoxy) is 2. The standard InChI is InChI=1S/C43H47F2N9O5S/c1-3-51(2)60-50-35-8-6-32(44)39(31(35)19-46)59-29-5-7-34-30(17-29)41(57)54(25-47-34)28-18-43(58-20-28)14-12-27(13-15-43)52-21-42(22-52)23-53(24-42)37-10-4-26(16-33(37)45)48-36-9-11-38(55)49-40(36)56/h4-8,10,16-17,25,27-28,36,48,50H,3,9,11-15,18,20-24H2,1-2H3,(H,49,55,56). The van der Waals surface area contributed by atoms with Crippen molar-refractivity contribution in [3.8, 4) is 17.6 Å². The summed E-state index contributed by atoms with van der Waals surface area (Å²) >= 11 is 1.28. The summed E-state index contributed by atoms with van der Waals surface area (Å²) in [6.45, 7) is 6.69. The Bertz CT molecular complexity index is 2440. The van der Waals surface area contributed by atoms with Gasteiger partial charge < -0.3 is 24.4 Å². The van der Waals surface area contributed by atoms with Crippen molar-refractivity contribution in [2.45, 2.75) is 75.6 Å². The van der Waals surface area contributed by atoms with Crippen molar-refractivity contribution in [1.82, 2.24) is 24.1 Å². The zero-order valence-corrected chi connectivity index (χ0v) is 34.3. The molecule has 60 heavy (non-hydrogen) atoms. The molecule has 3 N–H and O–H groups in total. The highest BCUT2D eigenvalue weighted by molar-refractivity contribution is 7.98. The molecule has 5 heterocycles. The molecule has 14 nitrogen and oxygen atoms in total. The number of anilines is 3. The molecule has 4 aromatic rings. The monoisotopic (exact) mass is 839 g/mol. The highest BCUT2D eigenvalue weighted by Crippen LogP contribution is 2.49. The highest BCUT2D eigenvalue weighted by Gasteiger charge is 2.55. The average Bonchev–Trinajstić information content (AvgIpc) is 3.62. The molecule has 2 unspecified atom stereocenters. The number of nitriles is 1. The number of hydrogen-bond donors (Lipinski definition) is 3. The van der Waals surface area contributed by atoms with E-state index in [1.165, 1.54) is 30.3 Å². The second kappa shape index (κ2) is 16.0. The molecule has 3 aromatic carbocycles. The van der Waals surface area contributed by atoms with Gasteiger partial charge in [-0.25, -0.2) is 18.1 Å². The molecule has 1 aliphatic carbocycles. The quantitative estimate of drug-likeness (QED) is 0.121. The molecule has 4 aliphatic heterocycles. The van der Waals surface area contributed by atoms with Gasteiger partial charge in [-0.1, -0.05) is 6.92 Å². The van der Waals surface area contributed by atoms with Crippen LogP contribution in [-0.4, -0.2) is 94.6 Å². The summed E-state index contributed by atoms with van der Waals surface area (Å²) in [5, 5.41) is 15.6. The molecule has 5 fully saturated rings. The van der Waals surface area contributed by atoms with E-state index >= 15 is 8.78 Å². The molecular formula is C43H47F2N9O5S. The van der Waals surface area contributed by atoms with Gasteiger partial charge >= 0.3 is 0 Å². The Labute approximate surface area is 350 Å². The summed E-state index contributed by atoms with van der Waals surface area (Å²) in [5.41, 5.74) is 1.60. The van der Waals surface area contributed by atoms with Gasteiger partial charge in [0.25, 0.3) is 5.56 Å². The van der Waals surface area contributed by atoms with Crippen molar-refractivity contribution < 1.29 is 27.8 Å². The smallest absolute Gasteiger partial charge is 0.261 e. The molecule has 1 aromatic heterocycles. The summed E-state index contributed by atoms with van der Waals surface area (Å²) in [6.07, 6.45) is 6.72. The molecule has 17 heteroatoms. The lowest BCUT2D eigenvalue weighted by Crippen LogP contribution is -2.74. The number of carbonyl (C=O) groups excluding carboxylic acids is 2. The SMILES string of the molecule is CCN(C)SNc1ccc(F)c(Oc2ccc3ncn(C4COC5(CCC(N6CC7(CN(c8ccc(NC9CCC(=O)NC9=O)cc8F)C7)C6)CC5)C4)c(=O)c3c2)c1C#N. The van der Waals surface area contributed by atoms with Crippen LogP contribution in [0.3, 0.4) is 0 Å². The Hall–Kier alpha value is -5.28. The van der Waals surface area contributed by atoms with E-state index < -0.39 is 11.9 Å². The molecule has 2 atom stereocenters. The first kappa shape index (κ1) is 40.1. The van der Waals surface area contributed by atoms with Crippen molar-refractivity contribution >= 4 is 51.9 Å². The van der Waals surface area contributed by atoms with E-state index in [1.807, 2.05) is 18.3 Å². The van der Waals surface area contributed by atoms with Crippen LogP contribution in [0.2, 0.25) is 0 Å². The maximum absolute atomic E-state index is 15.2. The fourth-order valence-electron chi connectivity index (χ4n) is 9.54. The summed E-state index contributed by atoms with van der Waals surface area (Å²) in [5.74, 6) is -1.72. The number of halogens is 2. The minimum atomic E-state index is -0.694. The van der Waals surface area contributed by atoms with Crippen LogP contribution in [0, 0.1) is 28.4 Å². The third-order valence-corrected chi connectivity index (χ3v) is 13.8. The average molecular weight is 840 g/mol. The van der Waals surface area contributed by atoms with Crippen LogP contribution >= 0.6 is 12.1 Å². The number of hydrogen-bond acceptors (Lipinski definition) is 13. The molecule has 314 valence electrons. The van der Waals surface area contributed by atoms with Crippen molar-refractivity contribution in [2.75, 3.05) is 61.3 Å². The molecule has 2 amide bonds. The van der Waals surface area contributed by atoms with Gasteiger partial charge in [-0.05, 0) is 94.1 Å². The first-order valence-electron chi connectivity index (χ1n) is 20.5. The number of nitrogens with zero attached hydrogens (tertiary/aromatic N) is 6. The molecular weight excluding hydrogens is 793 g/mol. The minimum absolute atomic E-state index is 0.0149. The van der Waals surface area contributed by atoms with Crippen LogP contribution < -0.4 is 30.6 Å². The number of nitrogens with one attached hydrogen (secondary N) is 3. The topological polar surface area (TPSA) is 157 Å². The number of likely N-dealkylation sites (tertiary alicyclic amines) is 1. The molecule has 4 saturated heterocycles. The number of carbonyl (C=O) groups is 2. The lowest BCUT2D eigenvalue weighted by atomic mass is 9.70. The normalized spacial score (nSPS) is 24.9. The Morgan fingerprint density at radius 3 is 2.57 bits per heavy atom. The van der Waals surface area contributed by atoms with E-state index in [2.05, 4.69) is 36.2 Å². The van der Waals surface area contributed by atoms with Crippen LogP contribution in [0.25, 0.3) is 10.9 Å². The Morgan fingerprint density at radius 1 is 1.03 bits per heavy atom. The number of piperidine rings is 1. The Balaban J connectivity index is 0.784. The maximum Gasteiger partial charge on any atom is 0.261 e. The van der Waals surface area contributed by atoms with Crippen molar-refractivity contribution in [3.63, 3.8) is 0 Å². The zero-order valence-electron chi connectivity index (χ0n) is 33.5. The van der Waals surface area contributed by atoms with Crippen LogP contribution in [0.5, 0.6) is 11.5 Å². The second-order valence-corrected chi connectivity index (χ2v) is 18.0. The molecule has 0 radical (unpaired) electrons. The Morgan fingerprint density at radius 2 is 1.83 bits per heavy atom. The predicted molar refractivity (Wildman–Crippen MR) is 224 cm³/mol. The number of benzene rings is 3. The second-order valence-electron chi connectivity index (χ2n) is 16.9. The van der Waals surface area contributed by atoms with Crippen LogP contribution in [0.4, 0.5) is 25.8 Å². The maximum atomic E-state index is 15.2. The summed E-state index contributed by atoms with van der Waals surface area (Å²) in [6, 6.07) is 14.3. The summed E-state index contributed by atoms with van der Waals surface area (Å²) in [7, 11) is 1.89. The number of fused-ring (bicyclic) bond motifs is 1. The van der Waals surface area contributed by atoms with Gasteiger partial charge in [0.2, 0.25) is 11.8 Å². The summed E-state index contributed by atoms with van der Waals surface area (Å²) < 4.78 is 49.4. The molecule has 0 bridgehead atoms. The number of aromatic nitrogens is 2. The fraction of sp³-hybridized carbons (Fsp3) is 0.465. The van der Waals surface area contributed by atoms with Gasteiger partial charge in [0.15, 0.2) is 11.6 Å². The first-order chi connectivity index (χ1) is 28.9. The van der Waals surface area contributed by atoms with E-state index in [9.17, 15) is 19.6 Å². The highest BCUT2D eigenvalue weighted by atomic mass is 32.2. The van der Waals surface area contributed by atoms with Gasteiger partial charge in [0, 0.05) is 68.4 Å². The largest absolute Gasteiger partial charge is 0.453 e. The minimum Gasteiger partial charge on any atom is -0.453 e. The fourth-order valence-corrected chi connectivity index (χ4v) is 10.1.